The van der Waals surface area contributed by atoms with Crippen molar-refractivity contribution in [1.82, 2.24) is 9.80 Å². The van der Waals surface area contributed by atoms with Crippen LogP contribution in [0.3, 0.4) is 0 Å². The summed E-state index contributed by atoms with van der Waals surface area (Å²) in [5.74, 6) is -0.0447. The molecule has 2 heterocycles. The number of carbonyl (C=O) groups is 2. The third kappa shape index (κ3) is 7.61. The summed E-state index contributed by atoms with van der Waals surface area (Å²) in [5, 5.41) is 4.29. The number of nitrogens with one attached hydrogen (secondary N) is 1. The minimum Gasteiger partial charge on any atom is -0.462 e. The van der Waals surface area contributed by atoms with Crippen LogP contribution in [0.5, 0.6) is 0 Å². The van der Waals surface area contributed by atoms with Gasteiger partial charge in [-0.15, -0.1) is 0 Å². The lowest BCUT2D eigenvalue weighted by atomic mass is 10.0. The molecule has 0 radical (unpaired) electrons. The van der Waals surface area contributed by atoms with Crippen molar-refractivity contribution in [3.8, 4) is 0 Å². The largest absolute Gasteiger partial charge is 0.462 e. The number of anilines is 2. The quantitative estimate of drug-likeness (QED) is 0.512. The Labute approximate surface area is 220 Å². The van der Waals surface area contributed by atoms with Gasteiger partial charge in [-0.1, -0.05) is 19.0 Å². The predicted molar refractivity (Wildman–Crippen MR) is 147 cm³/mol. The smallest absolute Gasteiger partial charge is 0.338 e. The van der Waals surface area contributed by atoms with Crippen LogP contribution in [0, 0.1) is 0 Å². The zero-order chi connectivity index (χ0) is 24.6. The Morgan fingerprint density at radius 2 is 1.58 bits per heavy atom. The highest BCUT2D eigenvalue weighted by atomic mass is 35.5. The number of hydrogen-bond acceptors (Lipinski definition) is 6. The first kappa shape index (κ1) is 27.8. The van der Waals surface area contributed by atoms with E-state index in [9.17, 15) is 9.59 Å². The van der Waals surface area contributed by atoms with Gasteiger partial charge >= 0.3 is 5.97 Å². The first-order valence-electron chi connectivity index (χ1n) is 12.6. The van der Waals surface area contributed by atoms with Crippen LogP contribution in [-0.4, -0.2) is 80.1 Å². The van der Waals surface area contributed by atoms with E-state index >= 15 is 0 Å². The van der Waals surface area contributed by atoms with Crippen molar-refractivity contribution >= 4 is 34.9 Å². The summed E-state index contributed by atoms with van der Waals surface area (Å²) in [6, 6.07) is 15.7. The van der Waals surface area contributed by atoms with E-state index in [1.54, 1.807) is 19.1 Å². The number of piperazine rings is 1. The average Bonchev–Trinajstić information content (AvgIpc) is 2.89. The van der Waals surface area contributed by atoms with Gasteiger partial charge in [-0.2, -0.15) is 0 Å². The molecule has 0 atom stereocenters. The van der Waals surface area contributed by atoms with Gasteiger partial charge in [0.15, 0.2) is 0 Å². The number of carbonyl (C=O) groups excluding carboxylic acids is 2. The summed E-state index contributed by atoms with van der Waals surface area (Å²) < 4.78 is 5.03. The molecule has 2 aromatic carbocycles. The fraction of sp³-hybridized carbons (Fsp3) is 0.500. The Balaban J connectivity index is 0.00000361. The van der Waals surface area contributed by atoms with Gasteiger partial charge in [0.1, 0.15) is 0 Å². The van der Waals surface area contributed by atoms with Crippen LogP contribution in [0.2, 0.25) is 5.02 Å². The van der Waals surface area contributed by atoms with Crippen molar-refractivity contribution in [3.63, 3.8) is 0 Å². The molecule has 0 aliphatic carbocycles. The molecule has 36 heavy (non-hydrogen) atoms. The molecule has 4 rings (SSSR count). The second-order valence-corrected chi connectivity index (χ2v) is 9.59. The molecule has 8 heteroatoms. The summed E-state index contributed by atoms with van der Waals surface area (Å²) in [6.07, 6.45) is 2.42. The van der Waals surface area contributed by atoms with Crippen LogP contribution in [0.25, 0.3) is 0 Å². The predicted octanol–water partition coefficient (Wildman–Crippen LogP) is 4.77. The molecule has 7 nitrogen and oxygen atoms in total. The maximum Gasteiger partial charge on any atom is 0.338 e. The number of nitrogens with zero attached hydrogens (tertiary/aromatic N) is 3. The normalized spacial score (nSPS) is 16.8. The molecule has 0 spiro atoms. The number of hydrogen-bond donors (Lipinski definition) is 1. The number of halogens is 1. The topological polar surface area (TPSA) is 65.1 Å². The van der Waals surface area contributed by atoms with E-state index in [4.69, 9.17) is 16.3 Å². The monoisotopic (exact) mass is 514 g/mol. The number of amides is 1. The molecule has 0 unspecified atom stereocenters. The van der Waals surface area contributed by atoms with Crippen molar-refractivity contribution < 1.29 is 14.3 Å². The average molecular weight is 515 g/mol. The number of benzene rings is 2. The van der Waals surface area contributed by atoms with Crippen LogP contribution >= 0.6 is 11.6 Å². The van der Waals surface area contributed by atoms with Crippen molar-refractivity contribution in [3.05, 3.63) is 59.1 Å². The summed E-state index contributed by atoms with van der Waals surface area (Å²) in [4.78, 5) is 31.3. The van der Waals surface area contributed by atoms with E-state index < -0.39 is 0 Å². The Morgan fingerprint density at radius 1 is 0.944 bits per heavy atom. The van der Waals surface area contributed by atoms with Gasteiger partial charge in [-0.3, -0.25) is 9.69 Å². The van der Waals surface area contributed by atoms with Gasteiger partial charge in [0.25, 0.3) is 0 Å². The highest BCUT2D eigenvalue weighted by Gasteiger charge is 2.24. The molecular weight excluding hydrogens is 476 g/mol. The fourth-order valence-electron chi connectivity index (χ4n) is 4.72. The van der Waals surface area contributed by atoms with E-state index in [1.807, 2.05) is 29.2 Å². The highest BCUT2D eigenvalue weighted by Crippen LogP contribution is 2.21. The molecule has 1 N–H and O–H groups in total. The van der Waals surface area contributed by atoms with Crippen molar-refractivity contribution in [1.29, 1.82) is 0 Å². The molecule has 2 fully saturated rings. The lowest BCUT2D eigenvalue weighted by Gasteiger charge is -2.37. The van der Waals surface area contributed by atoms with Gasteiger partial charge in [0, 0.05) is 74.7 Å². The Morgan fingerprint density at radius 3 is 2.19 bits per heavy atom. The molecule has 2 aliphatic rings. The molecular formula is C28H39ClN4O3. The first-order valence-corrected chi connectivity index (χ1v) is 12.9. The van der Waals surface area contributed by atoms with Crippen LogP contribution < -0.4 is 10.2 Å². The Kier molecular flexibility index (Phi) is 10.4. The van der Waals surface area contributed by atoms with E-state index in [0.717, 1.165) is 69.4 Å². The summed E-state index contributed by atoms with van der Waals surface area (Å²) in [5.41, 5.74) is 2.75. The summed E-state index contributed by atoms with van der Waals surface area (Å²) in [6.45, 7) is 8.42. The van der Waals surface area contributed by atoms with Gasteiger partial charge in [-0.05, 0) is 68.3 Å². The molecule has 2 saturated heterocycles. The molecule has 2 aromatic rings. The van der Waals surface area contributed by atoms with Gasteiger partial charge < -0.3 is 19.9 Å². The van der Waals surface area contributed by atoms with Gasteiger partial charge in [0.2, 0.25) is 5.91 Å². The van der Waals surface area contributed by atoms with Crippen LogP contribution in [0.4, 0.5) is 11.4 Å². The molecule has 1 amide bonds. The highest BCUT2D eigenvalue weighted by molar-refractivity contribution is 6.30. The Hall–Kier alpha value is -2.77. The number of rotatable bonds is 8. The lowest BCUT2D eigenvalue weighted by Crippen LogP contribution is -2.48. The minimum atomic E-state index is -0.297. The molecule has 0 bridgehead atoms. The third-order valence-corrected chi connectivity index (χ3v) is 7.07. The zero-order valence-corrected chi connectivity index (χ0v) is 21.2. The zero-order valence-electron chi connectivity index (χ0n) is 20.4. The maximum atomic E-state index is 12.8. The minimum absolute atomic E-state index is 0. The molecule has 0 aromatic heterocycles. The lowest BCUT2D eigenvalue weighted by molar-refractivity contribution is -0.132. The SMILES string of the molecule is C.CCOC(=O)c1ccc(NC2CCN(C(=O)CCN3CCN(c4ccc(Cl)cc4)CC3)CC2)cc1. The van der Waals surface area contributed by atoms with Crippen LogP contribution in [0.1, 0.15) is 44.0 Å². The van der Waals surface area contributed by atoms with E-state index in [2.05, 4.69) is 27.2 Å². The van der Waals surface area contributed by atoms with Crippen LogP contribution in [-0.2, 0) is 9.53 Å². The van der Waals surface area contributed by atoms with Gasteiger partial charge in [-0.25, -0.2) is 4.79 Å². The number of ether oxygens (including phenoxy) is 1. The second-order valence-electron chi connectivity index (χ2n) is 9.15. The molecule has 196 valence electrons. The van der Waals surface area contributed by atoms with Crippen molar-refractivity contribution in [2.75, 3.05) is 62.6 Å². The number of likely N-dealkylation sites (tertiary alicyclic amines) is 1. The van der Waals surface area contributed by atoms with E-state index in [0.29, 0.717) is 24.6 Å². The maximum absolute atomic E-state index is 12.8. The molecule has 0 saturated carbocycles. The summed E-state index contributed by atoms with van der Waals surface area (Å²) in [7, 11) is 0. The standard InChI is InChI=1S/C27H35ClN4O3.CH4/c1-2-35-27(34)21-3-7-23(8-4-21)29-24-11-15-32(16-12-24)26(33)13-14-30-17-19-31(20-18-30)25-9-5-22(28)6-10-25;/h3-10,24,29H,2,11-20H2,1H3;1H4. The fourth-order valence-corrected chi connectivity index (χ4v) is 4.85. The van der Waals surface area contributed by atoms with Crippen molar-refractivity contribution in [2.24, 2.45) is 0 Å². The Bertz CT molecular complexity index is 967. The van der Waals surface area contributed by atoms with Crippen molar-refractivity contribution in [2.45, 2.75) is 39.7 Å². The first-order chi connectivity index (χ1) is 17.0. The number of piperidine rings is 1. The van der Waals surface area contributed by atoms with Crippen LogP contribution in [0.15, 0.2) is 48.5 Å². The number of esters is 1. The van der Waals surface area contributed by atoms with E-state index in [1.165, 1.54) is 5.69 Å². The third-order valence-electron chi connectivity index (χ3n) is 6.82. The summed E-state index contributed by atoms with van der Waals surface area (Å²) >= 11 is 6.00. The second kappa shape index (κ2) is 13.5. The van der Waals surface area contributed by atoms with Gasteiger partial charge in [0.05, 0.1) is 12.2 Å². The van der Waals surface area contributed by atoms with E-state index in [-0.39, 0.29) is 19.3 Å². The molecule has 2 aliphatic heterocycles.